The van der Waals surface area contributed by atoms with Crippen molar-refractivity contribution in [1.29, 1.82) is 0 Å². The van der Waals surface area contributed by atoms with Crippen LogP contribution in [0, 0.1) is 0 Å². The molecule has 0 fully saturated rings. The molecule has 0 N–H and O–H groups in total. The van der Waals surface area contributed by atoms with Crippen molar-refractivity contribution in [3.8, 4) is 11.5 Å². The van der Waals surface area contributed by atoms with Gasteiger partial charge in [-0.2, -0.15) is 0 Å². The highest BCUT2D eigenvalue weighted by Gasteiger charge is 2.12. The van der Waals surface area contributed by atoms with Gasteiger partial charge in [0.25, 0.3) is 0 Å². The molecule has 0 aromatic heterocycles. The number of halogens is 1. The van der Waals surface area contributed by atoms with Gasteiger partial charge in [-0.1, -0.05) is 6.07 Å². The molecule has 0 saturated carbocycles. The van der Waals surface area contributed by atoms with Crippen LogP contribution in [-0.2, 0) is 11.2 Å². The molecule has 1 rings (SSSR count). The zero-order valence-corrected chi connectivity index (χ0v) is 10.3. The molecule has 0 aliphatic rings. The summed E-state index contributed by atoms with van der Waals surface area (Å²) in [5.74, 6) is 1.36. The van der Waals surface area contributed by atoms with Gasteiger partial charge in [0, 0.05) is 6.42 Å². The molecule has 4 heteroatoms. The van der Waals surface area contributed by atoms with Crippen LogP contribution >= 0.6 is 15.9 Å². The molecule has 0 aliphatic heterocycles. The van der Waals surface area contributed by atoms with Gasteiger partial charge in [-0.25, -0.2) is 0 Å². The Labute approximate surface area is 97.5 Å². The number of carbonyl (C=O) groups excluding carboxylic acids is 1. The van der Waals surface area contributed by atoms with E-state index in [1.54, 1.807) is 14.2 Å². The van der Waals surface area contributed by atoms with Gasteiger partial charge in [0.2, 0.25) is 0 Å². The third kappa shape index (κ3) is 2.72. The van der Waals surface area contributed by atoms with E-state index in [0.717, 1.165) is 16.3 Å². The first-order chi connectivity index (χ1) is 7.24. The minimum absolute atomic E-state index is 0.487. The van der Waals surface area contributed by atoms with Crippen LogP contribution in [0.15, 0.2) is 16.6 Å². The summed E-state index contributed by atoms with van der Waals surface area (Å²) in [5.41, 5.74) is 0.977. The van der Waals surface area contributed by atoms with Gasteiger partial charge in [-0.15, -0.1) is 0 Å². The fraction of sp³-hybridized carbons (Fsp3) is 0.364. The van der Waals surface area contributed by atoms with Crippen molar-refractivity contribution in [3.63, 3.8) is 0 Å². The zero-order chi connectivity index (χ0) is 11.3. The SMILES string of the molecule is COc1c(Br)ccc(CCC=O)c1OC. The first kappa shape index (κ1) is 12.0. The van der Waals surface area contributed by atoms with E-state index in [9.17, 15) is 4.79 Å². The van der Waals surface area contributed by atoms with Crippen LogP contribution < -0.4 is 9.47 Å². The molecule has 0 radical (unpaired) electrons. The van der Waals surface area contributed by atoms with E-state index < -0.39 is 0 Å². The molecule has 3 nitrogen and oxygen atoms in total. The van der Waals surface area contributed by atoms with E-state index >= 15 is 0 Å². The van der Waals surface area contributed by atoms with Gasteiger partial charge in [0.1, 0.15) is 6.29 Å². The summed E-state index contributed by atoms with van der Waals surface area (Å²) in [6.07, 6.45) is 2.05. The molecule has 0 saturated heterocycles. The summed E-state index contributed by atoms with van der Waals surface area (Å²) >= 11 is 3.38. The Morgan fingerprint density at radius 1 is 1.27 bits per heavy atom. The molecule has 0 spiro atoms. The van der Waals surface area contributed by atoms with Crippen molar-refractivity contribution in [1.82, 2.24) is 0 Å². The Bertz CT molecular complexity index is 350. The lowest BCUT2D eigenvalue weighted by Crippen LogP contribution is -1.97. The summed E-state index contributed by atoms with van der Waals surface area (Å²) in [7, 11) is 3.18. The van der Waals surface area contributed by atoms with Crippen molar-refractivity contribution in [2.24, 2.45) is 0 Å². The second-order valence-electron chi connectivity index (χ2n) is 2.98. The maximum atomic E-state index is 10.3. The van der Waals surface area contributed by atoms with Crippen molar-refractivity contribution in [2.45, 2.75) is 12.8 Å². The van der Waals surface area contributed by atoms with E-state index in [4.69, 9.17) is 9.47 Å². The van der Waals surface area contributed by atoms with E-state index in [0.29, 0.717) is 24.3 Å². The number of aldehydes is 1. The van der Waals surface area contributed by atoms with Gasteiger partial charge in [-0.3, -0.25) is 0 Å². The van der Waals surface area contributed by atoms with Crippen molar-refractivity contribution in [3.05, 3.63) is 22.2 Å². The Morgan fingerprint density at radius 3 is 2.47 bits per heavy atom. The Balaban J connectivity index is 3.10. The second-order valence-corrected chi connectivity index (χ2v) is 3.83. The minimum Gasteiger partial charge on any atom is -0.493 e. The number of rotatable bonds is 5. The van der Waals surface area contributed by atoms with Crippen LogP contribution in [0.25, 0.3) is 0 Å². The lowest BCUT2D eigenvalue weighted by atomic mass is 10.1. The summed E-state index contributed by atoms with van der Waals surface area (Å²) in [6.45, 7) is 0. The van der Waals surface area contributed by atoms with E-state index in [1.165, 1.54) is 0 Å². The number of ether oxygens (including phenoxy) is 2. The fourth-order valence-corrected chi connectivity index (χ4v) is 1.88. The lowest BCUT2D eigenvalue weighted by Gasteiger charge is -2.13. The van der Waals surface area contributed by atoms with Gasteiger partial charge < -0.3 is 14.3 Å². The lowest BCUT2D eigenvalue weighted by molar-refractivity contribution is -0.107. The Morgan fingerprint density at radius 2 is 1.93 bits per heavy atom. The smallest absolute Gasteiger partial charge is 0.175 e. The first-order valence-corrected chi connectivity index (χ1v) is 5.36. The number of benzene rings is 1. The van der Waals surface area contributed by atoms with Crippen LogP contribution in [0.5, 0.6) is 11.5 Å². The molecule has 82 valence electrons. The predicted molar refractivity (Wildman–Crippen MR) is 61.6 cm³/mol. The standard InChI is InChI=1S/C11H13BrO3/c1-14-10-8(4-3-7-13)5-6-9(12)11(10)15-2/h5-7H,3-4H2,1-2H3. The quantitative estimate of drug-likeness (QED) is 0.773. The molecule has 15 heavy (non-hydrogen) atoms. The highest BCUT2D eigenvalue weighted by molar-refractivity contribution is 9.10. The molecular formula is C11H13BrO3. The van der Waals surface area contributed by atoms with E-state index in [1.807, 2.05) is 12.1 Å². The van der Waals surface area contributed by atoms with Crippen molar-refractivity contribution in [2.75, 3.05) is 14.2 Å². The van der Waals surface area contributed by atoms with Crippen LogP contribution in [0.4, 0.5) is 0 Å². The maximum Gasteiger partial charge on any atom is 0.175 e. The molecule has 1 aromatic carbocycles. The molecular weight excluding hydrogens is 260 g/mol. The van der Waals surface area contributed by atoms with E-state index in [2.05, 4.69) is 15.9 Å². The average Bonchev–Trinajstić information content (AvgIpc) is 2.26. The van der Waals surface area contributed by atoms with Gasteiger partial charge >= 0.3 is 0 Å². The van der Waals surface area contributed by atoms with Crippen molar-refractivity contribution < 1.29 is 14.3 Å². The zero-order valence-electron chi connectivity index (χ0n) is 8.75. The Hall–Kier alpha value is -1.03. The molecule has 1 aromatic rings. The largest absolute Gasteiger partial charge is 0.493 e. The molecule has 0 heterocycles. The third-order valence-corrected chi connectivity index (χ3v) is 2.71. The van der Waals surface area contributed by atoms with Gasteiger partial charge in [0.05, 0.1) is 18.7 Å². The minimum atomic E-state index is 0.487. The molecule has 0 bridgehead atoms. The number of hydrogen-bond donors (Lipinski definition) is 0. The highest BCUT2D eigenvalue weighted by atomic mass is 79.9. The summed E-state index contributed by atoms with van der Waals surface area (Å²) < 4.78 is 11.3. The number of hydrogen-bond acceptors (Lipinski definition) is 3. The maximum absolute atomic E-state index is 10.3. The van der Waals surface area contributed by atoms with Gasteiger partial charge in [0.15, 0.2) is 11.5 Å². The number of carbonyl (C=O) groups is 1. The number of methoxy groups -OCH3 is 2. The fourth-order valence-electron chi connectivity index (χ4n) is 1.40. The van der Waals surface area contributed by atoms with Crippen LogP contribution in [0.1, 0.15) is 12.0 Å². The first-order valence-electron chi connectivity index (χ1n) is 4.57. The van der Waals surface area contributed by atoms with E-state index in [-0.39, 0.29) is 0 Å². The third-order valence-electron chi connectivity index (χ3n) is 2.09. The second kappa shape index (κ2) is 5.75. The van der Waals surface area contributed by atoms with Crippen LogP contribution in [0.2, 0.25) is 0 Å². The number of aryl methyl sites for hydroxylation is 1. The van der Waals surface area contributed by atoms with Crippen LogP contribution in [-0.4, -0.2) is 20.5 Å². The average molecular weight is 273 g/mol. The van der Waals surface area contributed by atoms with Crippen LogP contribution in [0.3, 0.4) is 0 Å². The molecule has 0 amide bonds. The normalized spacial score (nSPS) is 9.80. The topological polar surface area (TPSA) is 35.5 Å². The summed E-state index contributed by atoms with van der Waals surface area (Å²) in [6, 6.07) is 3.82. The highest BCUT2D eigenvalue weighted by Crippen LogP contribution is 2.38. The summed E-state index contributed by atoms with van der Waals surface area (Å²) in [4.78, 5) is 10.3. The Kier molecular flexibility index (Phi) is 4.62. The molecule has 0 unspecified atom stereocenters. The predicted octanol–water partition coefficient (Wildman–Crippen LogP) is 2.60. The van der Waals surface area contributed by atoms with Gasteiger partial charge in [-0.05, 0) is 34.0 Å². The molecule has 0 aliphatic carbocycles. The monoisotopic (exact) mass is 272 g/mol. The summed E-state index contributed by atoms with van der Waals surface area (Å²) in [5, 5.41) is 0. The molecule has 0 atom stereocenters. The van der Waals surface area contributed by atoms with Crippen molar-refractivity contribution >= 4 is 22.2 Å².